The molecule has 186 valence electrons. The number of nitrogens with zero attached hydrogens (tertiary/aromatic N) is 3. The normalized spacial score (nSPS) is 31.2. The lowest BCUT2D eigenvalue weighted by Gasteiger charge is -2.25. The number of alkyl halides is 1. The van der Waals surface area contributed by atoms with Gasteiger partial charge in [0.1, 0.15) is 58.0 Å². The van der Waals surface area contributed by atoms with Gasteiger partial charge in [0.15, 0.2) is 5.82 Å². The Morgan fingerprint density at radius 3 is 2.52 bits per heavy atom. The van der Waals surface area contributed by atoms with Crippen LogP contribution in [0.1, 0.15) is 18.7 Å². The van der Waals surface area contributed by atoms with Gasteiger partial charge in [-0.05, 0) is 19.1 Å². The van der Waals surface area contributed by atoms with E-state index in [2.05, 4.69) is 26.1 Å². The number of aliphatic hydroxyl groups excluding tert-OH is 1. The molecule has 2 aromatic heterocycles. The summed E-state index contributed by atoms with van der Waals surface area (Å²) in [4.78, 5) is 30.5. The number of nitrogen functional groups attached to an aromatic ring is 1. The summed E-state index contributed by atoms with van der Waals surface area (Å²) in [6.07, 6.45) is -2.58. The quantitative estimate of drug-likeness (QED) is 0.146. The van der Waals surface area contributed by atoms with Gasteiger partial charge in [-0.1, -0.05) is 0 Å². The van der Waals surface area contributed by atoms with Gasteiger partial charge in [-0.2, -0.15) is 13.7 Å². The van der Waals surface area contributed by atoms with Crippen LogP contribution in [0, 0.1) is 0 Å². The Kier molecular flexibility index (Phi) is 8.02. The largest absolute Gasteiger partial charge is 0.490 e. The average Bonchev–Trinajstić information content (AvgIpc) is 3.19. The van der Waals surface area contributed by atoms with Crippen LogP contribution >= 0.6 is 58.1 Å². The molecule has 0 aliphatic carbocycles. The van der Waals surface area contributed by atoms with Gasteiger partial charge < -0.3 is 30.3 Å². The van der Waals surface area contributed by atoms with Crippen molar-refractivity contribution in [3.8, 4) is 0 Å². The Hall–Kier alpha value is -0.230. The smallest absolute Gasteiger partial charge is 0.388 e. The van der Waals surface area contributed by atoms with E-state index in [4.69, 9.17) is 27.0 Å². The number of hydrogen-bond donors (Lipinski definition) is 5. The second-order valence-electron chi connectivity index (χ2n) is 6.78. The summed E-state index contributed by atoms with van der Waals surface area (Å²) in [6.45, 7) is 0.606. The maximum Gasteiger partial charge on any atom is 0.490 e. The van der Waals surface area contributed by atoms with E-state index in [1.807, 2.05) is 0 Å². The zero-order valence-electron chi connectivity index (χ0n) is 16.2. The van der Waals surface area contributed by atoms with Gasteiger partial charge in [-0.25, -0.2) is 26.0 Å². The lowest BCUT2D eigenvalue weighted by Crippen LogP contribution is -2.39. The first-order valence-corrected chi connectivity index (χ1v) is 14.3. The van der Waals surface area contributed by atoms with Crippen LogP contribution in [0.4, 0.5) is 5.82 Å². The third-order valence-electron chi connectivity index (χ3n) is 4.44. The number of aromatic nitrogens is 3. The maximum absolute atomic E-state index is 12.0. The second-order valence-corrected chi connectivity index (χ2v) is 13.3. The zero-order valence-corrected chi connectivity index (χ0v) is 21.8. The van der Waals surface area contributed by atoms with E-state index in [-0.39, 0.29) is 5.82 Å². The Balaban J connectivity index is 1.73. The number of phosphoric ester groups is 1. The number of halogens is 2. The van der Waals surface area contributed by atoms with Crippen molar-refractivity contribution in [2.45, 2.75) is 30.1 Å². The van der Waals surface area contributed by atoms with Crippen molar-refractivity contribution in [2.24, 2.45) is 0 Å². The summed E-state index contributed by atoms with van der Waals surface area (Å²) in [5, 5.41) is 14.7. The predicted octanol–water partition coefficient (Wildman–Crippen LogP) is 1.83. The van der Waals surface area contributed by atoms with Crippen LogP contribution < -0.4 is 5.73 Å². The Labute approximate surface area is 204 Å². The molecule has 2 aromatic rings. The number of anilines is 1. The molecule has 0 saturated carbocycles. The van der Waals surface area contributed by atoms with Gasteiger partial charge in [0.05, 0.1) is 12.3 Å². The van der Waals surface area contributed by atoms with Gasteiger partial charge in [0.2, 0.25) is 0 Å². The average molecular weight is 665 g/mol. The van der Waals surface area contributed by atoms with Gasteiger partial charge in [-0.15, -0.1) is 11.6 Å². The molecule has 1 aliphatic heterocycles. The zero-order chi connectivity index (χ0) is 24.8. The molecule has 3 unspecified atom stereocenters. The third kappa shape index (κ3) is 6.13. The first-order valence-electron chi connectivity index (χ1n) is 8.55. The summed E-state index contributed by atoms with van der Waals surface area (Å²) in [6, 6.07) is 3.19. The van der Waals surface area contributed by atoms with Crippen LogP contribution in [0.5, 0.6) is 0 Å². The number of ether oxygens (including phenoxy) is 1. The summed E-state index contributed by atoms with van der Waals surface area (Å²) in [5.41, 5.74) is 6.63. The minimum Gasteiger partial charge on any atom is -0.388 e. The Morgan fingerprint density at radius 1 is 1.24 bits per heavy atom. The molecular formula is C12H17ClIN4O12P3. The fourth-order valence-corrected chi connectivity index (χ4v) is 7.09. The Bertz CT molecular complexity index is 1180. The van der Waals surface area contributed by atoms with Crippen LogP contribution in [0.25, 0.3) is 5.52 Å². The van der Waals surface area contributed by atoms with Crippen molar-refractivity contribution in [2.75, 3.05) is 12.3 Å². The molecule has 6 N–H and O–H groups in total. The molecular weight excluding hydrogens is 647 g/mol. The van der Waals surface area contributed by atoms with Crippen molar-refractivity contribution in [3.05, 3.63) is 24.2 Å². The molecule has 16 nitrogen and oxygen atoms in total. The fraction of sp³-hybridized carbons (Fsp3) is 0.500. The number of nitrogens with two attached hydrogens (primary N) is 1. The van der Waals surface area contributed by atoms with Crippen molar-refractivity contribution in [1.82, 2.24) is 14.6 Å². The van der Waals surface area contributed by atoms with Crippen molar-refractivity contribution in [1.29, 1.82) is 0 Å². The highest BCUT2D eigenvalue weighted by molar-refractivity contribution is 14.1. The number of rotatable bonds is 9. The van der Waals surface area contributed by atoms with Crippen LogP contribution in [-0.2, 0) is 34.4 Å². The van der Waals surface area contributed by atoms with Crippen LogP contribution in [0.3, 0.4) is 0 Å². The molecule has 1 saturated heterocycles. The van der Waals surface area contributed by atoms with E-state index in [9.17, 15) is 28.6 Å². The highest BCUT2D eigenvalue weighted by atomic mass is 127. The minimum atomic E-state index is -5.58. The summed E-state index contributed by atoms with van der Waals surface area (Å²) >= 11 is 7.40. The molecule has 3 rings (SSSR count). The molecule has 21 heteroatoms. The van der Waals surface area contributed by atoms with Gasteiger partial charge in [0, 0.05) is 0 Å². The van der Waals surface area contributed by atoms with Crippen molar-refractivity contribution >= 4 is 69.4 Å². The standard InChI is InChI=1S/C12H17ClIN4O12P3/c1-12(13)9(19)8(4-26-31(20,21)29-33(24,25)30-32(22,23)28-14)27-10(12)6-2-3-7-11(15)16-5-17-18(6)7/h2-3,5,8-10,19H,4H2,1H3,(H,20,21)(H,22,23)(H,24,25)(H2,15,16,17)/t8-,9-,10+,12-/m1/s1. The third-order valence-corrected chi connectivity index (χ3v) is 10.3. The Morgan fingerprint density at radius 2 is 1.88 bits per heavy atom. The number of hydrogen-bond acceptors (Lipinski definition) is 12. The van der Waals surface area contributed by atoms with Crippen LogP contribution in [0.2, 0.25) is 0 Å². The molecule has 3 heterocycles. The van der Waals surface area contributed by atoms with E-state index >= 15 is 0 Å². The van der Waals surface area contributed by atoms with Crippen LogP contribution in [-0.4, -0.2) is 58.1 Å². The van der Waals surface area contributed by atoms with Crippen molar-refractivity contribution < 1.29 is 54.2 Å². The molecule has 0 bridgehead atoms. The molecule has 0 radical (unpaired) electrons. The highest BCUT2D eigenvalue weighted by Crippen LogP contribution is 2.68. The van der Waals surface area contributed by atoms with E-state index in [0.29, 0.717) is 11.2 Å². The molecule has 33 heavy (non-hydrogen) atoms. The number of fused-ring (bicyclic) bond motifs is 1. The van der Waals surface area contributed by atoms with E-state index in [1.54, 1.807) is 12.1 Å². The summed E-state index contributed by atoms with van der Waals surface area (Å²) in [7, 11) is -16.0. The molecule has 7 atom stereocenters. The second kappa shape index (κ2) is 9.67. The molecule has 0 aromatic carbocycles. The fourth-order valence-electron chi connectivity index (χ4n) is 3.04. The molecule has 1 fully saturated rings. The summed E-state index contributed by atoms with van der Waals surface area (Å²) < 4.78 is 58.3. The molecule has 0 spiro atoms. The highest BCUT2D eigenvalue weighted by Gasteiger charge is 2.54. The number of aliphatic hydroxyl groups is 1. The predicted molar refractivity (Wildman–Crippen MR) is 118 cm³/mol. The van der Waals surface area contributed by atoms with Gasteiger partial charge in [-0.3, -0.25) is 4.52 Å². The molecule has 0 amide bonds. The maximum atomic E-state index is 12.0. The van der Waals surface area contributed by atoms with E-state index < -0.39 is 53.3 Å². The topological polar surface area (TPSA) is 234 Å². The number of phosphoric acid groups is 3. The lowest BCUT2D eigenvalue weighted by atomic mass is 9.95. The lowest BCUT2D eigenvalue weighted by molar-refractivity contribution is -0.0234. The van der Waals surface area contributed by atoms with E-state index in [1.165, 1.54) is 17.8 Å². The van der Waals surface area contributed by atoms with Crippen LogP contribution in [0.15, 0.2) is 18.5 Å². The van der Waals surface area contributed by atoms with Crippen molar-refractivity contribution in [3.63, 3.8) is 0 Å². The molecule has 1 aliphatic rings. The first kappa shape index (κ1) is 27.4. The summed E-state index contributed by atoms with van der Waals surface area (Å²) in [5.74, 6) is 0.181. The van der Waals surface area contributed by atoms with Gasteiger partial charge >= 0.3 is 23.5 Å². The van der Waals surface area contributed by atoms with Gasteiger partial charge in [0.25, 0.3) is 0 Å². The van der Waals surface area contributed by atoms with E-state index in [0.717, 1.165) is 23.0 Å². The monoisotopic (exact) mass is 664 g/mol. The first-order chi connectivity index (χ1) is 15.1. The minimum absolute atomic E-state index is 0.181. The SMILES string of the molecule is C[C@@]1(Cl)[C@H](O)[C@@H](COP(=O)(O)OP(=O)(O)OP(=O)(O)OI)O[C@H]1c1ccc2c(N)ncnn12.